The molecular formula is C7H21NO2Si2. The van der Waals surface area contributed by atoms with Gasteiger partial charge in [-0.15, -0.1) is 0 Å². The van der Waals surface area contributed by atoms with Crippen molar-refractivity contribution in [1.29, 1.82) is 0 Å². The fraction of sp³-hybridized carbons (Fsp3) is 1.00. The zero-order valence-corrected chi connectivity index (χ0v) is 10.6. The molecule has 0 atom stereocenters. The molecule has 3 N–H and O–H groups in total. The summed E-state index contributed by atoms with van der Waals surface area (Å²) in [6, 6.07) is 0.934. The van der Waals surface area contributed by atoms with Crippen LogP contribution in [-0.2, 0) is 4.46 Å². The minimum atomic E-state index is -1.76. The topological polar surface area (TPSA) is 63.3 Å². The van der Waals surface area contributed by atoms with Crippen LogP contribution in [0, 0.1) is 0 Å². The van der Waals surface area contributed by atoms with E-state index in [2.05, 4.69) is 0 Å². The lowest BCUT2D eigenvalue weighted by atomic mass is 10.5. The third-order valence-electron chi connectivity index (χ3n) is 0.993. The minimum absolute atomic E-state index is 0.705. The fourth-order valence-corrected chi connectivity index (χ4v) is 1.60. The van der Waals surface area contributed by atoms with Crippen LogP contribution in [0.3, 0.4) is 0 Å². The summed E-state index contributed by atoms with van der Waals surface area (Å²) in [5.41, 5.74) is 5.25. The molecule has 0 aromatic heterocycles. The number of rotatable bonds is 3. The third-order valence-corrected chi connectivity index (χ3v) is 2.57. The first-order valence-corrected chi connectivity index (χ1v) is 9.75. The molecule has 0 amide bonds. The van der Waals surface area contributed by atoms with Crippen LogP contribution in [0.15, 0.2) is 0 Å². The molecule has 0 aliphatic heterocycles. The van der Waals surface area contributed by atoms with Gasteiger partial charge in [0.15, 0.2) is 8.32 Å². The highest BCUT2D eigenvalue weighted by Gasteiger charge is 2.14. The molecule has 0 aromatic carbocycles. The van der Waals surface area contributed by atoms with Crippen molar-refractivity contribution in [2.75, 3.05) is 6.54 Å². The molecule has 12 heavy (non-hydrogen) atoms. The van der Waals surface area contributed by atoms with Gasteiger partial charge >= 0.3 is 0 Å². The monoisotopic (exact) mass is 207 g/mol. The van der Waals surface area contributed by atoms with Gasteiger partial charge in [-0.25, -0.2) is 0 Å². The summed E-state index contributed by atoms with van der Waals surface area (Å²) in [5.74, 6) is 0. The van der Waals surface area contributed by atoms with E-state index in [1.807, 2.05) is 13.1 Å². The van der Waals surface area contributed by atoms with Crippen LogP contribution < -0.4 is 5.73 Å². The van der Waals surface area contributed by atoms with Gasteiger partial charge in [-0.3, -0.25) is 0 Å². The van der Waals surface area contributed by atoms with Gasteiger partial charge < -0.3 is 15.0 Å². The quantitative estimate of drug-likeness (QED) is 0.684. The van der Waals surface area contributed by atoms with E-state index in [1.54, 1.807) is 13.1 Å². The summed E-state index contributed by atoms with van der Waals surface area (Å²) in [6.07, 6.45) is 0.968. The highest BCUT2D eigenvalue weighted by Crippen LogP contribution is 2.05. The second kappa shape index (κ2) is 7.78. The molecule has 0 aliphatic rings. The smallest absolute Gasteiger partial charge is 0.270 e. The van der Waals surface area contributed by atoms with Crippen LogP contribution in [0.25, 0.3) is 0 Å². The number of hydrogen-bond acceptors (Lipinski definition) is 3. The second-order valence-corrected chi connectivity index (χ2v) is 9.55. The molecule has 0 saturated carbocycles. The highest BCUT2D eigenvalue weighted by atomic mass is 28.4. The van der Waals surface area contributed by atoms with Gasteiger partial charge in [0, 0.05) is 0 Å². The van der Waals surface area contributed by atoms with Gasteiger partial charge in [-0.1, -0.05) is 0 Å². The van der Waals surface area contributed by atoms with E-state index in [9.17, 15) is 9.26 Å². The van der Waals surface area contributed by atoms with Crippen LogP contribution in [-0.4, -0.2) is 28.3 Å². The molecule has 0 fully saturated rings. The first-order valence-electron chi connectivity index (χ1n) is 4.19. The number of nitrogens with two attached hydrogens (primary N) is 1. The lowest BCUT2D eigenvalue weighted by Crippen LogP contribution is -2.25. The first-order chi connectivity index (χ1) is 5.29. The Bertz CT molecular complexity index is 119. The summed E-state index contributed by atoms with van der Waals surface area (Å²) < 4.78 is 9.63. The Morgan fingerprint density at radius 1 is 1.42 bits per heavy atom. The molecule has 0 saturated heterocycles. The molecule has 74 valence electrons. The average molecular weight is 207 g/mol. The SMILES string of the molecule is C[Si](C)(O)CCCN.C[Si](C)=O. The molecule has 0 unspecified atom stereocenters. The first kappa shape index (κ1) is 14.7. The van der Waals surface area contributed by atoms with Crippen LogP contribution in [0.2, 0.25) is 32.2 Å². The molecular weight excluding hydrogens is 186 g/mol. The van der Waals surface area contributed by atoms with Crippen molar-refractivity contribution in [3.63, 3.8) is 0 Å². The Kier molecular flexibility index (Phi) is 9.51. The Balaban J connectivity index is 0. The molecule has 0 bridgehead atoms. The molecule has 0 aromatic rings. The average Bonchev–Trinajstić information content (AvgIpc) is 1.80. The molecule has 0 radical (unpaired) electrons. The van der Waals surface area contributed by atoms with Gasteiger partial charge in [0.1, 0.15) is 0 Å². The van der Waals surface area contributed by atoms with E-state index in [0.29, 0.717) is 6.54 Å². The maximum absolute atomic E-state index is 9.63. The van der Waals surface area contributed by atoms with E-state index < -0.39 is 17.0 Å². The van der Waals surface area contributed by atoms with E-state index >= 15 is 0 Å². The van der Waals surface area contributed by atoms with Crippen molar-refractivity contribution in [1.82, 2.24) is 0 Å². The summed E-state index contributed by atoms with van der Waals surface area (Å²) in [4.78, 5) is 9.23. The van der Waals surface area contributed by atoms with Crippen LogP contribution >= 0.6 is 0 Å². The molecule has 0 aliphatic carbocycles. The summed E-state index contributed by atoms with van der Waals surface area (Å²) >= 11 is 0. The van der Waals surface area contributed by atoms with Gasteiger partial charge in [-0.05, 0) is 45.2 Å². The van der Waals surface area contributed by atoms with Crippen molar-refractivity contribution in [2.24, 2.45) is 5.73 Å². The molecule has 5 heteroatoms. The predicted octanol–water partition coefficient (Wildman–Crippen LogP) is 1.20. The van der Waals surface area contributed by atoms with Crippen LogP contribution in [0.5, 0.6) is 0 Å². The molecule has 0 rings (SSSR count). The van der Waals surface area contributed by atoms with Crippen molar-refractivity contribution >= 4 is 17.0 Å². The zero-order valence-electron chi connectivity index (χ0n) is 8.55. The summed E-state index contributed by atoms with van der Waals surface area (Å²) in [5, 5.41) is 0. The highest BCUT2D eigenvalue weighted by molar-refractivity contribution is 6.69. The van der Waals surface area contributed by atoms with Gasteiger partial charge in [0.25, 0.3) is 8.68 Å². The Morgan fingerprint density at radius 2 is 1.75 bits per heavy atom. The van der Waals surface area contributed by atoms with Gasteiger partial charge in [0.05, 0.1) is 0 Å². The minimum Gasteiger partial charge on any atom is -0.432 e. The van der Waals surface area contributed by atoms with E-state index in [1.165, 1.54) is 0 Å². The van der Waals surface area contributed by atoms with E-state index in [4.69, 9.17) is 5.73 Å². The van der Waals surface area contributed by atoms with E-state index in [-0.39, 0.29) is 0 Å². The molecule has 0 spiro atoms. The number of hydrogen-bond donors (Lipinski definition) is 2. The van der Waals surface area contributed by atoms with Crippen molar-refractivity contribution in [3.8, 4) is 0 Å². The van der Waals surface area contributed by atoms with Crippen LogP contribution in [0.1, 0.15) is 6.42 Å². The lowest BCUT2D eigenvalue weighted by Gasteiger charge is -2.11. The zero-order chi connectivity index (χ0) is 10.2. The van der Waals surface area contributed by atoms with Crippen LogP contribution in [0.4, 0.5) is 0 Å². The Labute approximate surface area is 77.8 Å². The van der Waals surface area contributed by atoms with E-state index in [0.717, 1.165) is 12.5 Å². The lowest BCUT2D eigenvalue weighted by molar-refractivity contribution is 0.544. The maximum Gasteiger partial charge on any atom is 0.270 e. The third kappa shape index (κ3) is 32.0. The molecule has 3 nitrogen and oxygen atoms in total. The Hall–Kier alpha value is 0.154. The van der Waals surface area contributed by atoms with Crippen molar-refractivity contribution in [3.05, 3.63) is 0 Å². The Morgan fingerprint density at radius 3 is 1.83 bits per heavy atom. The van der Waals surface area contributed by atoms with Gasteiger partial charge in [-0.2, -0.15) is 0 Å². The second-order valence-electron chi connectivity index (χ2n) is 3.61. The fourth-order valence-electron chi connectivity index (χ4n) is 0.535. The predicted molar refractivity (Wildman–Crippen MR) is 56.3 cm³/mol. The van der Waals surface area contributed by atoms with Crippen molar-refractivity contribution in [2.45, 2.75) is 38.7 Å². The molecule has 0 heterocycles. The summed E-state index contributed by atoms with van der Waals surface area (Å²) in [6.45, 7) is 8.00. The standard InChI is InChI=1S/C5H15NOSi.C2H6OSi/c1-8(2,7)5-3-4-6;1-4(2)3/h7H,3-6H2,1-2H3;1-2H3. The van der Waals surface area contributed by atoms with Crippen molar-refractivity contribution < 1.29 is 9.26 Å². The maximum atomic E-state index is 9.63. The summed E-state index contributed by atoms with van der Waals surface area (Å²) in [7, 11) is -2.89. The van der Waals surface area contributed by atoms with Gasteiger partial charge in [0.2, 0.25) is 0 Å². The largest absolute Gasteiger partial charge is 0.432 e. The normalized spacial score (nSPS) is 10.2.